The van der Waals surface area contributed by atoms with Gasteiger partial charge in [-0.05, 0) is 106 Å². The number of imidazole rings is 1. The molecular formula is C63H82N12O21S2. The second kappa shape index (κ2) is 34.1. The number of nitrogens with one attached hydrogen (secondary N) is 5. The quantitative estimate of drug-likeness (QED) is 0.0160. The number of unbranched alkanes of at least 4 members (excludes halogenated alkanes) is 3. The number of hydrogen-bond acceptors (Lipinski definition) is 26. The summed E-state index contributed by atoms with van der Waals surface area (Å²) < 4.78 is 16.9. The lowest BCUT2D eigenvalue weighted by Gasteiger charge is -2.34. The van der Waals surface area contributed by atoms with Gasteiger partial charge in [-0.3, -0.25) is 38.4 Å². The fourth-order valence-electron chi connectivity index (χ4n) is 12.3. The van der Waals surface area contributed by atoms with E-state index in [-0.39, 0.29) is 23.5 Å². The minimum absolute atomic E-state index is 0.00933. The molecule has 0 radical (unpaired) electrons. The lowest BCUT2D eigenvalue weighted by Crippen LogP contribution is -2.64. The summed E-state index contributed by atoms with van der Waals surface area (Å²) in [5.74, 6) is -11.2. The number of nitrogens with two attached hydrogens (primary N) is 1. The lowest BCUT2D eigenvalue weighted by molar-refractivity contribution is -0.433. The van der Waals surface area contributed by atoms with Gasteiger partial charge in [0.15, 0.2) is 11.5 Å². The van der Waals surface area contributed by atoms with Crippen LogP contribution in [0.25, 0.3) is 26.8 Å². The van der Waals surface area contributed by atoms with Gasteiger partial charge in [-0.25, -0.2) is 14.8 Å². The van der Waals surface area contributed by atoms with Crippen LogP contribution >= 0.6 is 23.7 Å². The molecule has 4 saturated heterocycles. The lowest BCUT2D eigenvalue weighted by atomic mass is 9.96. The number of phenolic OH excluding ortho intramolecular Hbond substituents is 1. The van der Waals surface area contributed by atoms with Gasteiger partial charge < -0.3 is 96.8 Å². The average Bonchev–Trinajstić information content (AvgIpc) is 1.62. The van der Waals surface area contributed by atoms with E-state index in [1.54, 1.807) is 22.8 Å². The number of piperidine rings is 1. The average molecular weight is 1410 g/mol. The van der Waals surface area contributed by atoms with E-state index in [0.29, 0.717) is 22.8 Å². The first-order chi connectivity index (χ1) is 46.9. The number of carbonyl (C=O) groups is 8. The number of hydrogen-bond donors (Lipinski definition) is 15. The molecular weight excluding hydrogens is 1320 g/mol. The minimum Gasteiger partial charge on any atom is -0.504 e. The van der Waals surface area contributed by atoms with Crippen LogP contribution in [0.3, 0.4) is 0 Å². The third-order valence-electron chi connectivity index (χ3n) is 17.6. The smallest absolute Gasteiger partial charge is 0.261 e. The van der Waals surface area contributed by atoms with Crippen molar-refractivity contribution in [3.05, 3.63) is 84.1 Å². The number of carbonyl (C=O) groups excluding carboxylic acids is 8. The highest BCUT2D eigenvalue weighted by molar-refractivity contribution is 7.90. The molecule has 0 spiro atoms. The summed E-state index contributed by atoms with van der Waals surface area (Å²) in [7, 11) is 0. The number of amides is 8. The Balaban J connectivity index is 0.936. The Morgan fingerprint density at radius 2 is 1.47 bits per heavy atom. The van der Waals surface area contributed by atoms with Gasteiger partial charge in [0.2, 0.25) is 46.3 Å². The van der Waals surface area contributed by atoms with Crippen molar-refractivity contribution < 1.29 is 103 Å². The first-order valence-corrected chi connectivity index (χ1v) is 33.6. The van der Waals surface area contributed by atoms with E-state index in [1.807, 2.05) is 24.3 Å². The normalized spacial score (nSPS) is 25.4. The fourth-order valence-corrected chi connectivity index (χ4v) is 13.4. The Hall–Kier alpha value is -8.17. The molecule has 4 aliphatic heterocycles. The zero-order chi connectivity index (χ0) is 70.5. The molecule has 33 nitrogen and oxygen atoms in total. The number of aromatic hydroxyl groups is 1. The van der Waals surface area contributed by atoms with Crippen molar-refractivity contribution in [2.75, 3.05) is 45.9 Å². The van der Waals surface area contributed by atoms with E-state index in [0.717, 1.165) is 64.1 Å². The van der Waals surface area contributed by atoms with Crippen molar-refractivity contribution in [2.24, 2.45) is 11.7 Å². The Morgan fingerprint density at radius 1 is 0.786 bits per heavy atom. The molecule has 2 aromatic heterocycles. The first-order valence-electron chi connectivity index (χ1n) is 32.1. The van der Waals surface area contributed by atoms with Crippen molar-refractivity contribution in [3.63, 3.8) is 0 Å². The molecule has 9 rings (SSSR count). The highest BCUT2D eigenvalue weighted by Gasteiger charge is 2.50. The Morgan fingerprint density at radius 3 is 2.16 bits per heavy atom. The number of nitrogens with zero attached hydrogens (tertiary/aromatic N) is 6. The molecule has 35 heteroatoms. The largest absolute Gasteiger partial charge is 0.504 e. The number of aliphatic hydroxyl groups is 7. The fraction of sp³-hybridized carbons (Fsp3) is 0.524. The van der Waals surface area contributed by atoms with Gasteiger partial charge in [0.05, 0.1) is 55.4 Å². The molecule has 4 aliphatic rings. The SMILES string of the molecule is CC(O)C1NC(=O)[C@@H](NC(=O)c2ccc(-c3cn4nc(-c5ccc(OCCCCCCN6CCCCC6)cc5)sc4n3)cc2)CC(O)CNC(=O)C2C(O)C(C)CN2C(=O)C(C(O)CC(N)=O)NC(=O)C(C(O)C(O)c2ccc(O)c(OSOOO)c2)NC(=O)C2CC(O)CN2C1=O. The summed E-state index contributed by atoms with van der Waals surface area (Å²) in [6.45, 7) is 4.92. The molecule has 6 heterocycles. The van der Waals surface area contributed by atoms with Crippen LogP contribution in [0.2, 0.25) is 0 Å². The maximum Gasteiger partial charge on any atom is 0.261 e. The summed E-state index contributed by atoms with van der Waals surface area (Å²) in [6, 6.07) is 4.38. The van der Waals surface area contributed by atoms with Crippen molar-refractivity contribution >= 4 is 75.9 Å². The molecule has 8 amide bonds. The number of aromatic nitrogens is 3. The second-order valence-corrected chi connectivity index (χ2v) is 26.3. The van der Waals surface area contributed by atoms with Gasteiger partial charge in [0.25, 0.3) is 18.2 Å². The molecule has 3 aromatic carbocycles. The van der Waals surface area contributed by atoms with Crippen LogP contribution in [0.4, 0.5) is 0 Å². The summed E-state index contributed by atoms with van der Waals surface area (Å²) in [4.78, 5) is 123. The van der Waals surface area contributed by atoms with Crippen LogP contribution in [0.1, 0.15) is 100 Å². The van der Waals surface area contributed by atoms with Gasteiger partial charge in [-0.1, -0.05) is 65.1 Å². The van der Waals surface area contributed by atoms with Crippen LogP contribution in [0, 0.1) is 5.92 Å². The van der Waals surface area contributed by atoms with Gasteiger partial charge >= 0.3 is 0 Å². The number of primary amides is 1. The van der Waals surface area contributed by atoms with Crippen molar-refractivity contribution in [1.29, 1.82) is 0 Å². The topological polar surface area (TPSA) is 482 Å². The van der Waals surface area contributed by atoms with E-state index in [2.05, 4.69) is 40.9 Å². The molecule has 5 aromatic rings. The van der Waals surface area contributed by atoms with Crippen molar-refractivity contribution in [2.45, 2.75) is 157 Å². The van der Waals surface area contributed by atoms with Crippen molar-refractivity contribution in [3.8, 4) is 39.1 Å². The molecule has 0 bridgehead atoms. The number of ether oxygens (including phenoxy) is 1. The number of rotatable bonds is 23. The molecule has 14 atom stereocenters. The number of aliphatic hydroxyl groups excluding tert-OH is 7. The highest BCUT2D eigenvalue weighted by Crippen LogP contribution is 2.35. The summed E-state index contributed by atoms with van der Waals surface area (Å²) in [6.07, 6.45) is -6.04. The predicted molar refractivity (Wildman–Crippen MR) is 347 cm³/mol. The first kappa shape index (κ1) is 74.1. The summed E-state index contributed by atoms with van der Waals surface area (Å²) in [5.41, 5.74) is 7.00. The number of benzene rings is 3. The maximum atomic E-state index is 14.7. The van der Waals surface area contributed by atoms with Gasteiger partial charge in [0, 0.05) is 55.1 Å². The second-order valence-electron chi connectivity index (χ2n) is 24.9. The zero-order valence-electron chi connectivity index (χ0n) is 53.5. The third kappa shape index (κ3) is 18.6. The molecule has 0 aliphatic carbocycles. The third-order valence-corrected chi connectivity index (χ3v) is 19.0. The molecule has 13 unspecified atom stereocenters. The number of phenols is 1. The van der Waals surface area contributed by atoms with Crippen LogP contribution in [-0.2, 0) is 42.9 Å². The minimum atomic E-state index is -2.53. The van der Waals surface area contributed by atoms with Gasteiger partial charge in [-0.15, -0.1) is 0 Å². The van der Waals surface area contributed by atoms with E-state index in [4.69, 9.17) is 30.0 Å². The summed E-state index contributed by atoms with van der Waals surface area (Å²) in [5, 5.41) is 120. The number of fused-ring (bicyclic) bond motifs is 3. The van der Waals surface area contributed by atoms with Crippen LogP contribution < -0.4 is 41.2 Å². The number of β-amino-alcohol motifs (C(OH)–C–C–N with tert-alkyl or cyclic N) is 1. The van der Waals surface area contributed by atoms with Gasteiger partial charge in [0.1, 0.15) is 59.2 Å². The van der Waals surface area contributed by atoms with Crippen LogP contribution in [0.5, 0.6) is 17.2 Å². The number of likely N-dealkylation sites (tertiary alicyclic amines) is 1. The molecule has 0 saturated carbocycles. The zero-order valence-corrected chi connectivity index (χ0v) is 55.2. The summed E-state index contributed by atoms with van der Waals surface area (Å²) >= 11 is 1.34. The van der Waals surface area contributed by atoms with E-state index in [1.165, 1.54) is 82.1 Å². The highest BCUT2D eigenvalue weighted by atomic mass is 32.2. The predicted octanol–water partition coefficient (Wildman–Crippen LogP) is -1.07. The molecule has 16 N–H and O–H groups in total. The Labute approximate surface area is 569 Å². The molecule has 532 valence electrons. The molecule has 4 fully saturated rings. The monoisotopic (exact) mass is 1410 g/mol. The molecule has 98 heavy (non-hydrogen) atoms. The Kier molecular flexibility index (Phi) is 25.7. The van der Waals surface area contributed by atoms with E-state index >= 15 is 0 Å². The Bertz CT molecular complexity index is 3570. The standard InChI is InChI=1S/C63H82N12O21S2/c1-32-29-74-51(52(32)82)59(89)65-28-38(77)25-41(66-55(85)35-12-10-34(11-13-35)42-31-75-63(67-42)97-60(71-75)36-14-17-40(18-15-36)93-23-9-4-3-6-20-72-21-7-5-8-22-72)56(86)68-48(33(2)76)61(90)73-30-39(78)26-43(73)57(87)70-50(58(88)69-49(62(74)91)45(80)27-47(64)81)54(84)53(83)37-16-19-44(79)46(24-37)94-98-96-95-92/h10-19,24,31-33,38-39,41,43,45,48-54,76-80,82-84,92H,3-9,20-23,25-30H2,1-2H3,(H2,64,81)(H,65,89)(H,66,85)(H,68,86)(H,69,88)(H,70,87)/t32?,33?,38?,39?,41-,43?,45?,48?,49?,50?,51?,52?,53?,54?/m0/s1. The van der Waals surface area contributed by atoms with E-state index < -0.39 is 183 Å². The maximum absolute atomic E-state index is 14.7. The van der Waals surface area contributed by atoms with E-state index in [9.17, 15) is 79.2 Å². The van der Waals surface area contributed by atoms with Crippen molar-refractivity contribution in [1.82, 2.24) is 55.9 Å². The van der Waals surface area contributed by atoms with Gasteiger partial charge in [-0.2, -0.15) is 5.10 Å². The van der Waals surface area contributed by atoms with Crippen LogP contribution in [-0.4, -0.2) is 241 Å². The van der Waals surface area contributed by atoms with Crippen LogP contribution in [0.15, 0.2) is 72.9 Å².